The van der Waals surface area contributed by atoms with E-state index in [4.69, 9.17) is 4.74 Å². The van der Waals surface area contributed by atoms with Crippen LogP contribution in [-0.4, -0.2) is 7.11 Å². The molecule has 0 aliphatic carbocycles. The number of ether oxygens (including phenoxy) is 1. The van der Waals surface area contributed by atoms with Crippen molar-refractivity contribution >= 4 is 6.08 Å². The van der Waals surface area contributed by atoms with Gasteiger partial charge in [0, 0.05) is 0 Å². The molecule has 98 valence electrons. The monoisotopic (exact) mass is 252 g/mol. The average molecular weight is 252 g/mol. The Morgan fingerprint density at radius 3 is 2.42 bits per heavy atom. The number of methoxy groups -OCH3 is 1. The molecule has 0 bridgehead atoms. The molecule has 0 aliphatic heterocycles. The first-order valence-electron chi connectivity index (χ1n) is 6.65. The number of allylic oxidation sites excluding steroid dienone is 1. The van der Waals surface area contributed by atoms with Crippen molar-refractivity contribution in [1.29, 1.82) is 0 Å². The van der Waals surface area contributed by atoms with E-state index >= 15 is 0 Å². The number of hydrogen-bond donors (Lipinski definition) is 0. The minimum absolute atomic E-state index is 0.455. The molecule has 0 N–H and O–H groups in total. The summed E-state index contributed by atoms with van der Waals surface area (Å²) < 4.78 is 5.41. The highest BCUT2D eigenvalue weighted by atomic mass is 16.5. The molecular weight excluding hydrogens is 232 g/mol. The fourth-order valence-electron chi connectivity index (χ4n) is 2.17. The quantitative estimate of drug-likeness (QED) is 0.735. The van der Waals surface area contributed by atoms with Gasteiger partial charge in [-0.15, -0.1) is 0 Å². The zero-order valence-corrected chi connectivity index (χ0v) is 11.5. The van der Waals surface area contributed by atoms with Crippen LogP contribution in [0.4, 0.5) is 0 Å². The Bertz CT molecular complexity index is 528. The summed E-state index contributed by atoms with van der Waals surface area (Å²) in [6.07, 6.45) is 5.41. The first-order valence-corrected chi connectivity index (χ1v) is 6.65. The van der Waals surface area contributed by atoms with Gasteiger partial charge < -0.3 is 4.74 Å². The highest BCUT2D eigenvalue weighted by Crippen LogP contribution is 2.28. The predicted octanol–water partition coefficient (Wildman–Crippen LogP) is 4.90. The second kappa shape index (κ2) is 6.79. The summed E-state index contributed by atoms with van der Waals surface area (Å²) in [5.74, 6) is 1.43. The summed E-state index contributed by atoms with van der Waals surface area (Å²) in [5, 5.41) is 0. The maximum Gasteiger partial charge on any atom is 0.122 e. The molecular formula is C18H20O. The summed E-state index contributed by atoms with van der Waals surface area (Å²) in [7, 11) is 1.73. The van der Waals surface area contributed by atoms with Crippen molar-refractivity contribution < 1.29 is 4.74 Å². The minimum Gasteiger partial charge on any atom is -0.496 e. The Balaban J connectivity index is 2.01. The maximum atomic E-state index is 5.41. The summed E-state index contributed by atoms with van der Waals surface area (Å²) >= 11 is 0. The van der Waals surface area contributed by atoms with Crippen LogP contribution in [0.3, 0.4) is 0 Å². The molecule has 0 amide bonds. The second-order valence-corrected chi connectivity index (χ2v) is 4.69. The molecule has 0 aromatic heterocycles. The molecule has 1 heteroatoms. The zero-order chi connectivity index (χ0) is 13.5. The molecule has 0 radical (unpaired) electrons. The molecule has 1 atom stereocenters. The Morgan fingerprint density at radius 2 is 1.68 bits per heavy atom. The van der Waals surface area contributed by atoms with E-state index in [0.717, 1.165) is 12.2 Å². The van der Waals surface area contributed by atoms with Gasteiger partial charge in [0.05, 0.1) is 7.11 Å². The fraction of sp³-hybridized carbons (Fsp3) is 0.222. The molecule has 0 saturated carbocycles. The minimum atomic E-state index is 0.455. The summed E-state index contributed by atoms with van der Waals surface area (Å²) in [6.45, 7) is 2.23. The van der Waals surface area contributed by atoms with Gasteiger partial charge in [-0.05, 0) is 29.5 Å². The van der Waals surface area contributed by atoms with E-state index < -0.39 is 0 Å². The SMILES string of the molecule is COc1ccccc1C(C)C/C=C/c1ccccc1. The van der Waals surface area contributed by atoms with E-state index in [1.54, 1.807) is 7.11 Å². The number of benzene rings is 2. The van der Waals surface area contributed by atoms with E-state index in [1.807, 2.05) is 18.2 Å². The molecule has 0 saturated heterocycles. The van der Waals surface area contributed by atoms with Gasteiger partial charge in [-0.2, -0.15) is 0 Å². The van der Waals surface area contributed by atoms with Crippen molar-refractivity contribution in [3.05, 3.63) is 71.8 Å². The van der Waals surface area contributed by atoms with Gasteiger partial charge >= 0.3 is 0 Å². The van der Waals surface area contributed by atoms with Crippen molar-refractivity contribution in [2.45, 2.75) is 19.3 Å². The van der Waals surface area contributed by atoms with Crippen LogP contribution in [0.25, 0.3) is 6.08 Å². The van der Waals surface area contributed by atoms with Crippen LogP contribution in [-0.2, 0) is 0 Å². The Hall–Kier alpha value is -2.02. The molecule has 2 aromatic rings. The lowest BCUT2D eigenvalue weighted by Gasteiger charge is -2.13. The fourth-order valence-corrected chi connectivity index (χ4v) is 2.17. The first-order chi connectivity index (χ1) is 9.31. The first kappa shape index (κ1) is 13.4. The molecule has 1 nitrogen and oxygen atoms in total. The highest BCUT2D eigenvalue weighted by molar-refractivity contribution is 5.49. The smallest absolute Gasteiger partial charge is 0.122 e. The predicted molar refractivity (Wildman–Crippen MR) is 81.5 cm³/mol. The zero-order valence-electron chi connectivity index (χ0n) is 11.5. The van der Waals surface area contributed by atoms with Gasteiger partial charge in [0.1, 0.15) is 5.75 Å². The largest absolute Gasteiger partial charge is 0.496 e. The number of rotatable bonds is 5. The molecule has 0 heterocycles. The molecule has 2 rings (SSSR count). The Kier molecular flexibility index (Phi) is 4.79. The van der Waals surface area contributed by atoms with Crippen LogP contribution < -0.4 is 4.74 Å². The van der Waals surface area contributed by atoms with Crippen molar-refractivity contribution in [1.82, 2.24) is 0 Å². The van der Waals surface area contributed by atoms with Gasteiger partial charge in [-0.3, -0.25) is 0 Å². The maximum absolute atomic E-state index is 5.41. The van der Waals surface area contributed by atoms with E-state index in [9.17, 15) is 0 Å². The van der Waals surface area contributed by atoms with Crippen molar-refractivity contribution in [2.24, 2.45) is 0 Å². The van der Waals surface area contributed by atoms with E-state index in [0.29, 0.717) is 5.92 Å². The van der Waals surface area contributed by atoms with Gasteiger partial charge in [0.2, 0.25) is 0 Å². The van der Waals surface area contributed by atoms with Crippen LogP contribution in [0.5, 0.6) is 5.75 Å². The Labute approximate surface area is 115 Å². The van der Waals surface area contributed by atoms with Gasteiger partial charge in [-0.25, -0.2) is 0 Å². The molecule has 19 heavy (non-hydrogen) atoms. The summed E-state index contributed by atoms with van der Waals surface area (Å²) in [5.41, 5.74) is 2.51. The summed E-state index contributed by atoms with van der Waals surface area (Å²) in [6, 6.07) is 18.6. The summed E-state index contributed by atoms with van der Waals surface area (Å²) in [4.78, 5) is 0. The van der Waals surface area contributed by atoms with Gasteiger partial charge in [0.25, 0.3) is 0 Å². The van der Waals surface area contributed by atoms with Crippen LogP contribution in [0.2, 0.25) is 0 Å². The van der Waals surface area contributed by atoms with Crippen molar-refractivity contribution in [3.8, 4) is 5.75 Å². The van der Waals surface area contributed by atoms with Crippen LogP contribution in [0.1, 0.15) is 30.4 Å². The lowest BCUT2D eigenvalue weighted by atomic mass is 9.96. The van der Waals surface area contributed by atoms with Gasteiger partial charge in [0.15, 0.2) is 0 Å². The molecule has 0 fully saturated rings. The average Bonchev–Trinajstić information content (AvgIpc) is 2.48. The lowest BCUT2D eigenvalue weighted by molar-refractivity contribution is 0.406. The van der Waals surface area contributed by atoms with Crippen molar-refractivity contribution in [3.63, 3.8) is 0 Å². The van der Waals surface area contributed by atoms with Crippen molar-refractivity contribution in [2.75, 3.05) is 7.11 Å². The Morgan fingerprint density at radius 1 is 1.00 bits per heavy atom. The van der Waals surface area contributed by atoms with Gasteiger partial charge in [-0.1, -0.05) is 67.6 Å². The molecule has 0 spiro atoms. The van der Waals surface area contributed by atoms with E-state index in [-0.39, 0.29) is 0 Å². The normalized spacial score (nSPS) is 12.5. The van der Waals surface area contributed by atoms with E-state index in [2.05, 4.69) is 55.5 Å². The molecule has 0 aliphatic rings. The highest BCUT2D eigenvalue weighted by Gasteiger charge is 2.08. The second-order valence-electron chi connectivity index (χ2n) is 4.69. The third-order valence-corrected chi connectivity index (χ3v) is 3.27. The number of hydrogen-bond acceptors (Lipinski definition) is 1. The van der Waals surface area contributed by atoms with Crippen LogP contribution in [0, 0.1) is 0 Å². The molecule has 1 unspecified atom stereocenters. The third-order valence-electron chi connectivity index (χ3n) is 3.27. The lowest BCUT2D eigenvalue weighted by Crippen LogP contribution is -1.96. The third kappa shape index (κ3) is 3.72. The molecule has 2 aromatic carbocycles. The van der Waals surface area contributed by atoms with E-state index in [1.165, 1.54) is 11.1 Å². The standard InChI is InChI=1S/C18H20O/c1-15(17-13-6-7-14-18(17)19-2)9-8-12-16-10-4-3-5-11-16/h3-8,10-15H,9H2,1-2H3/b12-8+. The van der Waals surface area contributed by atoms with Crippen LogP contribution in [0.15, 0.2) is 60.7 Å². The van der Waals surface area contributed by atoms with Crippen LogP contribution >= 0.6 is 0 Å². The topological polar surface area (TPSA) is 9.23 Å². The number of para-hydroxylation sites is 1.